The molecule has 0 spiro atoms. The fourth-order valence-electron chi connectivity index (χ4n) is 0.566. The highest BCUT2D eigenvalue weighted by molar-refractivity contribution is 5.46. The molecule has 0 radical (unpaired) electrons. The molecule has 0 amide bonds. The Balaban J connectivity index is 0. The topological polar surface area (TPSA) is 75.9 Å². The van der Waals surface area contributed by atoms with Crippen LogP contribution >= 0.6 is 0 Å². The Morgan fingerprint density at radius 2 is 1.46 bits per heavy atom. The fourth-order valence-corrected chi connectivity index (χ4v) is 0.566. The van der Waals surface area contributed by atoms with E-state index in [-0.39, 0.29) is 0 Å². The Hall–Kier alpha value is -1.51. The standard InChI is InChI=1S/C7H9N.C2H6.CH4N2/c1-6-2-4-7(8)5-3-6;1-2;2-1-3/h2-5H,8H2,1H3;1-2H3;1H,(H3,2,3). The summed E-state index contributed by atoms with van der Waals surface area (Å²) in [5, 5.41) is 5.86. The Kier molecular flexibility index (Phi) is 11.3. The molecular weight excluding hydrogens is 162 g/mol. The van der Waals surface area contributed by atoms with E-state index in [4.69, 9.17) is 11.1 Å². The zero-order valence-electron chi connectivity index (χ0n) is 8.54. The highest BCUT2D eigenvalue weighted by atomic mass is 14.6. The first-order valence-corrected chi connectivity index (χ1v) is 4.23. The second-order valence-corrected chi connectivity index (χ2v) is 2.08. The third-order valence-corrected chi connectivity index (χ3v) is 1.08. The van der Waals surface area contributed by atoms with Gasteiger partial charge in [-0.15, -0.1) is 0 Å². The third kappa shape index (κ3) is 10.5. The number of aryl methyl sites for hydroxylation is 1. The van der Waals surface area contributed by atoms with Crippen LogP contribution in [-0.4, -0.2) is 6.34 Å². The number of benzene rings is 1. The second kappa shape index (κ2) is 10.5. The quantitative estimate of drug-likeness (QED) is 0.326. The molecule has 1 aromatic rings. The maximum absolute atomic E-state index is 5.86. The SMILES string of the molecule is CC.Cc1ccc(N)cc1.N=CN. The van der Waals surface area contributed by atoms with Crippen LogP contribution in [0.5, 0.6) is 0 Å². The van der Waals surface area contributed by atoms with Crippen LogP contribution in [0.1, 0.15) is 19.4 Å². The van der Waals surface area contributed by atoms with Crippen molar-refractivity contribution in [3.63, 3.8) is 0 Å². The van der Waals surface area contributed by atoms with Gasteiger partial charge in [0.25, 0.3) is 0 Å². The number of nitrogens with two attached hydrogens (primary N) is 2. The van der Waals surface area contributed by atoms with Gasteiger partial charge < -0.3 is 11.5 Å². The van der Waals surface area contributed by atoms with Crippen LogP contribution in [0.25, 0.3) is 0 Å². The monoisotopic (exact) mass is 181 g/mol. The first kappa shape index (κ1) is 14.0. The average Bonchev–Trinajstić information content (AvgIpc) is 2.15. The van der Waals surface area contributed by atoms with E-state index in [1.807, 2.05) is 45.0 Å². The van der Waals surface area contributed by atoms with Crippen molar-refractivity contribution < 1.29 is 0 Å². The van der Waals surface area contributed by atoms with E-state index in [1.165, 1.54) is 5.56 Å². The summed E-state index contributed by atoms with van der Waals surface area (Å²) in [6, 6.07) is 7.79. The number of rotatable bonds is 0. The highest BCUT2D eigenvalue weighted by Crippen LogP contribution is 2.02. The molecule has 0 aromatic heterocycles. The Morgan fingerprint density at radius 1 is 1.15 bits per heavy atom. The molecule has 5 N–H and O–H groups in total. The predicted molar refractivity (Wildman–Crippen MR) is 59.9 cm³/mol. The molecule has 3 heteroatoms. The Bertz CT molecular complexity index is 183. The van der Waals surface area contributed by atoms with Crippen LogP contribution < -0.4 is 11.5 Å². The van der Waals surface area contributed by atoms with Crippen molar-refractivity contribution in [2.75, 3.05) is 5.73 Å². The zero-order valence-corrected chi connectivity index (χ0v) is 8.54. The summed E-state index contributed by atoms with van der Waals surface area (Å²) in [6.07, 6.45) is 0.750. The second-order valence-electron chi connectivity index (χ2n) is 2.08. The van der Waals surface area contributed by atoms with E-state index in [0.29, 0.717) is 0 Å². The maximum Gasteiger partial charge on any atom is 0.0765 e. The smallest absolute Gasteiger partial charge is 0.0765 e. The largest absolute Gasteiger partial charge is 0.399 e. The maximum atomic E-state index is 5.86. The van der Waals surface area contributed by atoms with Gasteiger partial charge in [0.2, 0.25) is 0 Å². The summed E-state index contributed by atoms with van der Waals surface area (Å²) < 4.78 is 0. The van der Waals surface area contributed by atoms with Crippen LogP contribution in [0.15, 0.2) is 24.3 Å². The summed E-state index contributed by atoms with van der Waals surface area (Å²) in [4.78, 5) is 0. The van der Waals surface area contributed by atoms with E-state index < -0.39 is 0 Å². The first-order valence-electron chi connectivity index (χ1n) is 4.23. The molecule has 0 fully saturated rings. The molecule has 74 valence electrons. The molecule has 0 heterocycles. The van der Waals surface area contributed by atoms with Gasteiger partial charge in [-0.1, -0.05) is 31.5 Å². The fraction of sp³-hybridized carbons (Fsp3) is 0.300. The number of hydrogen-bond donors (Lipinski definition) is 3. The van der Waals surface area contributed by atoms with E-state index in [9.17, 15) is 0 Å². The minimum Gasteiger partial charge on any atom is -0.399 e. The summed E-state index contributed by atoms with van der Waals surface area (Å²) >= 11 is 0. The van der Waals surface area contributed by atoms with E-state index in [1.54, 1.807) is 0 Å². The number of nitrogen functional groups attached to an aromatic ring is 1. The molecule has 0 aliphatic carbocycles. The van der Waals surface area contributed by atoms with Crippen LogP contribution in [0.3, 0.4) is 0 Å². The van der Waals surface area contributed by atoms with Crippen molar-refractivity contribution in [2.24, 2.45) is 5.73 Å². The minimum absolute atomic E-state index is 0.750. The van der Waals surface area contributed by atoms with Crippen molar-refractivity contribution in [2.45, 2.75) is 20.8 Å². The molecule has 3 nitrogen and oxygen atoms in total. The van der Waals surface area contributed by atoms with Crippen molar-refractivity contribution in [1.29, 1.82) is 5.41 Å². The lowest BCUT2D eigenvalue weighted by Crippen LogP contribution is -1.81. The molecule has 1 aromatic carbocycles. The van der Waals surface area contributed by atoms with Crippen LogP contribution in [0.4, 0.5) is 5.69 Å². The molecule has 0 bridgehead atoms. The molecule has 13 heavy (non-hydrogen) atoms. The van der Waals surface area contributed by atoms with Gasteiger partial charge in [-0.05, 0) is 19.1 Å². The lowest BCUT2D eigenvalue weighted by molar-refractivity contribution is 1.47. The highest BCUT2D eigenvalue weighted by Gasteiger charge is 1.80. The van der Waals surface area contributed by atoms with E-state index in [0.717, 1.165) is 12.0 Å². The zero-order chi connectivity index (χ0) is 10.7. The van der Waals surface area contributed by atoms with Gasteiger partial charge in [0.1, 0.15) is 0 Å². The van der Waals surface area contributed by atoms with Gasteiger partial charge in [0, 0.05) is 5.69 Å². The Labute approximate surface area is 80.3 Å². The summed E-state index contributed by atoms with van der Waals surface area (Å²) in [5.41, 5.74) is 11.9. The lowest BCUT2D eigenvalue weighted by atomic mass is 10.2. The summed E-state index contributed by atoms with van der Waals surface area (Å²) in [7, 11) is 0. The molecule has 0 unspecified atom stereocenters. The van der Waals surface area contributed by atoms with Crippen LogP contribution in [0.2, 0.25) is 0 Å². The van der Waals surface area contributed by atoms with Gasteiger partial charge in [-0.2, -0.15) is 0 Å². The first-order chi connectivity index (χ1) is 6.20. The van der Waals surface area contributed by atoms with Gasteiger partial charge in [-0.3, -0.25) is 5.41 Å². The number of nitrogens with one attached hydrogen (secondary N) is 1. The molecule has 0 saturated carbocycles. The minimum atomic E-state index is 0.750. The van der Waals surface area contributed by atoms with Crippen LogP contribution in [-0.2, 0) is 0 Å². The third-order valence-electron chi connectivity index (χ3n) is 1.08. The van der Waals surface area contributed by atoms with Gasteiger partial charge >= 0.3 is 0 Å². The molecular formula is C10H19N3. The lowest BCUT2D eigenvalue weighted by Gasteiger charge is -1.90. The van der Waals surface area contributed by atoms with Gasteiger partial charge in [-0.25, -0.2) is 0 Å². The molecule has 0 atom stereocenters. The van der Waals surface area contributed by atoms with Crippen molar-refractivity contribution in [3.05, 3.63) is 29.8 Å². The molecule has 1 rings (SSSR count). The summed E-state index contributed by atoms with van der Waals surface area (Å²) in [6.45, 7) is 6.04. The van der Waals surface area contributed by atoms with Crippen molar-refractivity contribution in [3.8, 4) is 0 Å². The molecule has 0 aliphatic rings. The van der Waals surface area contributed by atoms with E-state index in [2.05, 4.69) is 5.73 Å². The molecule has 0 aliphatic heterocycles. The van der Waals surface area contributed by atoms with Gasteiger partial charge in [0.15, 0.2) is 0 Å². The van der Waals surface area contributed by atoms with Crippen LogP contribution in [0, 0.1) is 12.3 Å². The predicted octanol–water partition coefficient (Wildman–Crippen LogP) is 2.16. The van der Waals surface area contributed by atoms with Gasteiger partial charge in [0.05, 0.1) is 6.34 Å². The molecule has 0 saturated heterocycles. The average molecular weight is 181 g/mol. The van der Waals surface area contributed by atoms with Crippen molar-refractivity contribution >= 4 is 12.0 Å². The Morgan fingerprint density at radius 3 is 1.69 bits per heavy atom. The summed E-state index contributed by atoms with van der Waals surface area (Å²) in [5.74, 6) is 0. The number of anilines is 1. The van der Waals surface area contributed by atoms with E-state index >= 15 is 0 Å². The normalized spacial score (nSPS) is 7.00. The number of hydrogen-bond acceptors (Lipinski definition) is 2. The van der Waals surface area contributed by atoms with Crippen molar-refractivity contribution in [1.82, 2.24) is 0 Å².